The van der Waals surface area contributed by atoms with Crippen molar-refractivity contribution in [2.45, 2.75) is 32.9 Å². The zero-order chi connectivity index (χ0) is 21.1. The number of nitrogens with one attached hydrogen (secondary N) is 2. The molecule has 0 amide bonds. The zero-order valence-corrected chi connectivity index (χ0v) is 16.8. The Hall–Kier alpha value is -3.13. The zero-order valence-electron chi connectivity index (χ0n) is 16.8. The summed E-state index contributed by atoms with van der Waals surface area (Å²) in [5.41, 5.74) is 2.44. The van der Waals surface area contributed by atoms with E-state index in [0.717, 1.165) is 6.42 Å². The number of guanidine groups is 1. The Balaban J connectivity index is 1.84. The Morgan fingerprint density at radius 1 is 1.14 bits per heavy atom. The van der Waals surface area contributed by atoms with Gasteiger partial charge in [0.15, 0.2) is 5.96 Å². The fourth-order valence-electron chi connectivity index (χ4n) is 2.69. The second kappa shape index (κ2) is 11.7. The largest absolute Gasteiger partial charge is 0.491 e. The highest BCUT2D eigenvalue weighted by atomic mass is 16.6. The lowest BCUT2D eigenvalue weighted by molar-refractivity contribution is -0.384. The lowest BCUT2D eigenvalue weighted by atomic mass is 10.1. The van der Waals surface area contributed by atoms with Crippen molar-refractivity contribution in [3.8, 4) is 5.75 Å². The molecule has 0 aliphatic heterocycles. The van der Waals surface area contributed by atoms with Gasteiger partial charge in [-0.25, -0.2) is 4.99 Å². The normalized spacial score (nSPS) is 12.3. The molecule has 0 aromatic heterocycles. The molecule has 2 aromatic rings. The molecule has 1 atom stereocenters. The fraction of sp³-hybridized carbons (Fsp3) is 0.381. The molecule has 0 spiro atoms. The van der Waals surface area contributed by atoms with Crippen LogP contribution in [0.1, 0.15) is 25.0 Å². The molecule has 8 heteroatoms. The molecule has 156 valence electrons. The van der Waals surface area contributed by atoms with Crippen LogP contribution in [0.2, 0.25) is 0 Å². The molecular formula is C21H28N4O4. The Morgan fingerprint density at radius 2 is 1.83 bits per heavy atom. The number of aliphatic imine (C=N–C) groups is 1. The highest BCUT2D eigenvalue weighted by Crippen LogP contribution is 2.17. The van der Waals surface area contributed by atoms with E-state index in [-0.39, 0.29) is 18.8 Å². The van der Waals surface area contributed by atoms with Gasteiger partial charge in [-0.3, -0.25) is 10.1 Å². The highest BCUT2D eigenvalue weighted by molar-refractivity contribution is 5.79. The van der Waals surface area contributed by atoms with Crippen molar-refractivity contribution in [1.29, 1.82) is 0 Å². The summed E-state index contributed by atoms with van der Waals surface area (Å²) in [5.74, 6) is 1.08. The van der Waals surface area contributed by atoms with Gasteiger partial charge in [-0.05, 0) is 36.6 Å². The first-order valence-corrected chi connectivity index (χ1v) is 9.67. The minimum absolute atomic E-state index is 0.00398. The molecule has 8 nitrogen and oxygen atoms in total. The van der Waals surface area contributed by atoms with Gasteiger partial charge in [0.05, 0.1) is 11.5 Å². The maximum absolute atomic E-state index is 10.7. The third kappa shape index (κ3) is 7.42. The molecule has 29 heavy (non-hydrogen) atoms. The minimum atomic E-state index is -0.767. The standard InChI is InChI=1S/C21H28N4O4/c1-3-16-7-5-6-8-17(16)13-23-21(22-4-2)24-14-19(26)15-29-20-11-9-18(10-12-20)25(27)28/h5-12,19,26H,3-4,13-15H2,1-2H3,(H2,22,23,24). The van der Waals surface area contributed by atoms with E-state index >= 15 is 0 Å². The number of hydrogen-bond donors (Lipinski definition) is 3. The van der Waals surface area contributed by atoms with Gasteiger partial charge >= 0.3 is 0 Å². The number of hydrogen-bond acceptors (Lipinski definition) is 5. The minimum Gasteiger partial charge on any atom is -0.491 e. The summed E-state index contributed by atoms with van der Waals surface area (Å²) in [6.07, 6.45) is 0.186. The number of aliphatic hydroxyl groups is 1. The van der Waals surface area contributed by atoms with Gasteiger partial charge in [-0.2, -0.15) is 0 Å². The van der Waals surface area contributed by atoms with E-state index in [1.807, 2.05) is 19.1 Å². The maximum Gasteiger partial charge on any atom is 0.269 e. The van der Waals surface area contributed by atoms with Crippen LogP contribution in [0.5, 0.6) is 5.75 Å². The summed E-state index contributed by atoms with van der Waals surface area (Å²) in [5, 5.41) is 27.1. The van der Waals surface area contributed by atoms with Crippen molar-refractivity contribution >= 4 is 11.6 Å². The maximum atomic E-state index is 10.7. The number of nitro benzene ring substituents is 1. The molecule has 0 bridgehead atoms. The lowest BCUT2D eigenvalue weighted by Crippen LogP contribution is -2.42. The Kier molecular flexibility index (Phi) is 8.91. The molecule has 0 fully saturated rings. The summed E-state index contributed by atoms with van der Waals surface area (Å²) >= 11 is 0. The highest BCUT2D eigenvalue weighted by Gasteiger charge is 2.09. The summed E-state index contributed by atoms with van der Waals surface area (Å²) in [7, 11) is 0. The first kappa shape index (κ1) is 22.2. The van der Waals surface area contributed by atoms with Gasteiger partial charge < -0.3 is 20.5 Å². The number of rotatable bonds is 10. The van der Waals surface area contributed by atoms with E-state index in [9.17, 15) is 15.2 Å². The predicted molar refractivity (Wildman–Crippen MR) is 113 cm³/mol. The number of non-ortho nitro benzene ring substituents is 1. The van der Waals surface area contributed by atoms with Crippen LogP contribution in [0.15, 0.2) is 53.5 Å². The van der Waals surface area contributed by atoms with E-state index in [1.165, 1.54) is 35.4 Å². The average Bonchev–Trinajstić information content (AvgIpc) is 2.74. The molecule has 2 rings (SSSR count). The van der Waals surface area contributed by atoms with Crippen LogP contribution in [0, 0.1) is 10.1 Å². The second-order valence-electron chi connectivity index (χ2n) is 6.41. The van der Waals surface area contributed by atoms with Crippen LogP contribution in [0.3, 0.4) is 0 Å². The van der Waals surface area contributed by atoms with Gasteiger partial charge in [-0.1, -0.05) is 31.2 Å². The summed E-state index contributed by atoms with van der Waals surface area (Å²) in [6.45, 7) is 5.67. The first-order valence-electron chi connectivity index (χ1n) is 9.67. The van der Waals surface area contributed by atoms with E-state index < -0.39 is 11.0 Å². The van der Waals surface area contributed by atoms with E-state index in [1.54, 1.807) is 0 Å². The Bertz CT molecular complexity index is 809. The van der Waals surface area contributed by atoms with E-state index in [0.29, 0.717) is 24.8 Å². The Labute approximate surface area is 170 Å². The summed E-state index contributed by atoms with van der Waals surface area (Å²) < 4.78 is 5.48. The van der Waals surface area contributed by atoms with Crippen LogP contribution < -0.4 is 15.4 Å². The molecule has 0 aliphatic carbocycles. The molecule has 2 aromatic carbocycles. The summed E-state index contributed by atoms with van der Waals surface area (Å²) in [6, 6.07) is 13.9. The second-order valence-corrected chi connectivity index (χ2v) is 6.41. The van der Waals surface area contributed by atoms with Gasteiger partial charge in [0.25, 0.3) is 5.69 Å². The first-order chi connectivity index (χ1) is 14.0. The van der Waals surface area contributed by atoms with Gasteiger partial charge in [-0.15, -0.1) is 0 Å². The number of benzene rings is 2. The number of ether oxygens (including phenoxy) is 1. The van der Waals surface area contributed by atoms with Crippen LogP contribution in [0.25, 0.3) is 0 Å². The van der Waals surface area contributed by atoms with Gasteiger partial charge in [0, 0.05) is 25.2 Å². The molecule has 0 saturated carbocycles. The van der Waals surface area contributed by atoms with Crippen LogP contribution in [-0.4, -0.2) is 41.8 Å². The van der Waals surface area contributed by atoms with E-state index in [2.05, 4.69) is 34.7 Å². The van der Waals surface area contributed by atoms with Crippen LogP contribution >= 0.6 is 0 Å². The molecule has 0 aliphatic rings. The van der Waals surface area contributed by atoms with E-state index in [4.69, 9.17) is 4.74 Å². The molecule has 3 N–H and O–H groups in total. The quantitative estimate of drug-likeness (QED) is 0.245. The number of nitrogens with zero attached hydrogens (tertiary/aromatic N) is 2. The molecule has 1 unspecified atom stereocenters. The average molecular weight is 400 g/mol. The smallest absolute Gasteiger partial charge is 0.269 e. The SMILES string of the molecule is CCNC(=NCc1ccccc1CC)NCC(O)COc1ccc([N+](=O)[O-])cc1. The van der Waals surface area contributed by atoms with Crippen molar-refractivity contribution < 1.29 is 14.8 Å². The molecule has 0 saturated heterocycles. The number of aliphatic hydroxyl groups excluding tert-OH is 1. The van der Waals surface area contributed by atoms with Crippen molar-refractivity contribution in [3.05, 3.63) is 69.8 Å². The third-order valence-corrected chi connectivity index (χ3v) is 4.25. The molecule has 0 radical (unpaired) electrons. The predicted octanol–water partition coefficient (Wildman–Crippen LogP) is 2.65. The monoisotopic (exact) mass is 400 g/mol. The number of aryl methyl sites for hydroxylation is 1. The van der Waals surface area contributed by atoms with Gasteiger partial charge in [0.2, 0.25) is 0 Å². The lowest BCUT2D eigenvalue weighted by Gasteiger charge is -2.16. The summed E-state index contributed by atoms with van der Waals surface area (Å²) in [4.78, 5) is 14.8. The molecule has 0 heterocycles. The van der Waals surface area contributed by atoms with Gasteiger partial charge in [0.1, 0.15) is 18.5 Å². The Morgan fingerprint density at radius 3 is 2.45 bits per heavy atom. The van der Waals surface area contributed by atoms with Crippen molar-refractivity contribution in [2.24, 2.45) is 4.99 Å². The topological polar surface area (TPSA) is 109 Å². The number of nitro groups is 1. The van der Waals surface area contributed by atoms with Crippen LogP contribution in [0.4, 0.5) is 5.69 Å². The van der Waals surface area contributed by atoms with Crippen molar-refractivity contribution in [1.82, 2.24) is 10.6 Å². The van der Waals surface area contributed by atoms with Crippen molar-refractivity contribution in [3.63, 3.8) is 0 Å². The van der Waals surface area contributed by atoms with Crippen LogP contribution in [-0.2, 0) is 13.0 Å². The van der Waals surface area contributed by atoms with Crippen molar-refractivity contribution in [2.75, 3.05) is 19.7 Å². The third-order valence-electron chi connectivity index (χ3n) is 4.25. The fourth-order valence-corrected chi connectivity index (χ4v) is 2.69. The molecular weight excluding hydrogens is 372 g/mol.